The van der Waals surface area contributed by atoms with E-state index >= 15 is 0 Å². The van der Waals surface area contributed by atoms with Gasteiger partial charge in [-0.25, -0.2) is 8.42 Å². The molecular formula is C25H29N3O3S2. The summed E-state index contributed by atoms with van der Waals surface area (Å²) in [5, 5.41) is 1.72. The number of piperazine rings is 1. The highest BCUT2D eigenvalue weighted by Gasteiger charge is 2.32. The number of carbonyl (C=O) groups excluding carboxylic acids is 1. The number of benzene rings is 2. The van der Waals surface area contributed by atoms with E-state index in [4.69, 9.17) is 0 Å². The Morgan fingerprint density at radius 3 is 2.39 bits per heavy atom. The minimum Gasteiger partial charge on any atom is -0.368 e. The summed E-state index contributed by atoms with van der Waals surface area (Å²) in [4.78, 5) is 17.6. The van der Waals surface area contributed by atoms with Crippen LogP contribution in [0.5, 0.6) is 0 Å². The molecule has 0 bridgehead atoms. The molecule has 6 nitrogen and oxygen atoms in total. The first-order chi connectivity index (χ1) is 15.8. The predicted molar refractivity (Wildman–Crippen MR) is 133 cm³/mol. The lowest BCUT2D eigenvalue weighted by molar-refractivity contribution is -0.133. The summed E-state index contributed by atoms with van der Waals surface area (Å²) in [5.41, 5.74) is 4.53. The van der Waals surface area contributed by atoms with Crippen LogP contribution < -0.4 is 9.62 Å². The van der Waals surface area contributed by atoms with Crippen LogP contribution in [-0.2, 0) is 21.2 Å². The van der Waals surface area contributed by atoms with Crippen LogP contribution in [-0.4, -0.2) is 51.4 Å². The molecule has 0 spiro atoms. The third kappa shape index (κ3) is 5.63. The fourth-order valence-corrected chi connectivity index (χ4v) is 6.34. The Morgan fingerprint density at radius 2 is 1.73 bits per heavy atom. The highest BCUT2D eigenvalue weighted by atomic mass is 32.2. The molecule has 174 valence electrons. The molecule has 8 heteroatoms. The van der Waals surface area contributed by atoms with Crippen molar-refractivity contribution in [2.24, 2.45) is 0 Å². The van der Waals surface area contributed by atoms with Crippen molar-refractivity contribution in [3.8, 4) is 0 Å². The van der Waals surface area contributed by atoms with E-state index in [9.17, 15) is 13.2 Å². The van der Waals surface area contributed by atoms with Gasteiger partial charge in [-0.1, -0.05) is 48.5 Å². The van der Waals surface area contributed by atoms with Gasteiger partial charge in [-0.3, -0.25) is 4.79 Å². The molecule has 33 heavy (non-hydrogen) atoms. The van der Waals surface area contributed by atoms with Gasteiger partial charge in [0, 0.05) is 31.9 Å². The van der Waals surface area contributed by atoms with Gasteiger partial charge in [-0.2, -0.15) is 4.72 Å². The summed E-state index contributed by atoms with van der Waals surface area (Å²) < 4.78 is 28.7. The number of hydrogen-bond donors (Lipinski definition) is 1. The molecule has 1 aliphatic rings. The minimum atomic E-state index is -3.77. The molecule has 0 radical (unpaired) electrons. The largest absolute Gasteiger partial charge is 0.368 e. The van der Waals surface area contributed by atoms with Crippen LogP contribution in [0.2, 0.25) is 0 Å². The molecule has 4 rings (SSSR count). The summed E-state index contributed by atoms with van der Waals surface area (Å²) in [6, 6.07) is 18.3. The lowest BCUT2D eigenvalue weighted by Crippen LogP contribution is -2.55. The monoisotopic (exact) mass is 483 g/mol. The van der Waals surface area contributed by atoms with Crippen LogP contribution in [0, 0.1) is 13.8 Å². The molecule has 2 aromatic carbocycles. The van der Waals surface area contributed by atoms with Gasteiger partial charge in [0.05, 0.1) is 0 Å². The number of thiophene rings is 1. The van der Waals surface area contributed by atoms with Crippen molar-refractivity contribution < 1.29 is 13.2 Å². The number of hydrogen-bond acceptors (Lipinski definition) is 5. The molecule has 1 atom stereocenters. The first kappa shape index (κ1) is 23.5. The van der Waals surface area contributed by atoms with E-state index in [-0.39, 0.29) is 10.1 Å². The van der Waals surface area contributed by atoms with E-state index in [2.05, 4.69) is 41.7 Å². The number of rotatable bonds is 7. The molecule has 0 aliphatic carbocycles. The Hall–Kier alpha value is -2.68. The smallest absolute Gasteiger partial charge is 0.250 e. The molecule has 1 fully saturated rings. The second-order valence-corrected chi connectivity index (χ2v) is 11.3. The molecular weight excluding hydrogens is 454 g/mol. The minimum absolute atomic E-state index is 0.181. The molecule has 1 N–H and O–H groups in total. The topological polar surface area (TPSA) is 69.7 Å². The lowest BCUT2D eigenvalue weighted by Gasteiger charge is -2.38. The van der Waals surface area contributed by atoms with Crippen molar-refractivity contribution in [2.45, 2.75) is 30.5 Å². The molecule has 1 amide bonds. The first-order valence-electron chi connectivity index (χ1n) is 11.0. The Labute approximate surface area is 199 Å². The average Bonchev–Trinajstić information content (AvgIpc) is 3.37. The zero-order chi connectivity index (χ0) is 23.4. The Bertz CT molecular complexity index is 1190. The standard InChI is InChI=1S/C25H29N3O3S2/c1-19-10-11-20(2)23(17-19)27-12-14-28(15-13-27)25(29)22(18-21-7-4-3-5-8-21)26-33(30,31)24-9-6-16-32-24/h3-11,16-17,22,26H,12-15,18H2,1-2H3. The molecule has 1 saturated heterocycles. The summed E-state index contributed by atoms with van der Waals surface area (Å²) in [6.07, 6.45) is 0.307. The maximum Gasteiger partial charge on any atom is 0.250 e. The third-order valence-corrected chi connectivity index (χ3v) is 8.80. The van der Waals surface area contributed by atoms with Crippen molar-refractivity contribution in [1.82, 2.24) is 9.62 Å². The van der Waals surface area contributed by atoms with Crippen LogP contribution in [0.25, 0.3) is 0 Å². The van der Waals surface area contributed by atoms with E-state index in [1.54, 1.807) is 22.4 Å². The molecule has 1 aliphatic heterocycles. The quantitative estimate of drug-likeness (QED) is 0.558. The van der Waals surface area contributed by atoms with Gasteiger partial charge < -0.3 is 9.80 Å². The second-order valence-electron chi connectivity index (χ2n) is 8.40. The second kappa shape index (κ2) is 10.1. The van der Waals surface area contributed by atoms with Crippen LogP contribution in [0.15, 0.2) is 70.3 Å². The summed E-state index contributed by atoms with van der Waals surface area (Å²) in [5.74, 6) is -0.181. The molecule has 0 saturated carbocycles. The highest BCUT2D eigenvalue weighted by Crippen LogP contribution is 2.23. The van der Waals surface area contributed by atoms with E-state index in [1.807, 2.05) is 30.3 Å². The van der Waals surface area contributed by atoms with Gasteiger partial charge >= 0.3 is 0 Å². The van der Waals surface area contributed by atoms with Crippen LogP contribution >= 0.6 is 11.3 Å². The van der Waals surface area contributed by atoms with Gasteiger partial charge in [-0.15, -0.1) is 11.3 Å². The van der Waals surface area contributed by atoms with Crippen LogP contribution in [0.3, 0.4) is 0 Å². The summed E-state index contributed by atoms with van der Waals surface area (Å²) in [7, 11) is -3.77. The maximum absolute atomic E-state index is 13.5. The average molecular weight is 484 g/mol. The van der Waals surface area contributed by atoms with E-state index in [0.717, 1.165) is 16.9 Å². The number of amides is 1. The lowest BCUT2D eigenvalue weighted by atomic mass is 10.0. The number of nitrogens with one attached hydrogen (secondary N) is 1. The van der Waals surface area contributed by atoms with Crippen LogP contribution in [0.4, 0.5) is 5.69 Å². The molecule has 1 aromatic heterocycles. The fraction of sp³-hybridized carbons (Fsp3) is 0.320. The normalized spacial score (nSPS) is 15.5. The van der Waals surface area contributed by atoms with Gasteiger partial charge in [0.25, 0.3) is 10.0 Å². The molecule has 2 heterocycles. The van der Waals surface area contributed by atoms with E-state index in [0.29, 0.717) is 32.6 Å². The summed E-state index contributed by atoms with van der Waals surface area (Å²) in [6.45, 7) is 6.71. The van der Waals surface area contributed by atoms with Crippen LogP contribution in [0.1, 0.15) is 16.7 Å². The van der Waals surface area contributed by atoms with Gasteiger partial charge in [0.1, 0.15) is 10.3 Å². The zero-order valence-electron chi connectivity index (χ0n) is 18.9. The van der Waals surface area contributed by atoms with Crippen molar-refractivity contribution in [1.29, 1.82) is 0 Å². The summed E-state index contributed by atoms with van der Waals surface area (Å²) >= 11 is 1.14. The molecule has 1 unspecified atom stereocenters. The van der Waals surface area contributed by atoms with Crippen molar-refractivity contribution in [3.05, 3.63) is 82.7 Å². The Kier molecular flexibility index (Phi) is 7.17. The first-order valence-corrected chi connectivity index (χ1v) is 13.4. The number of nitrogens with zero attached hydrogens (tertiary/aromatic N) is 2. The van der Waals surface area contributed by atoms with E-state index in [1.165, 1.54) is 16.8 Å². The van der Waals surface area contributed by atoms with Crippen molar-refractivity contribution in [3.63, 3.8) is 0 Å². The number of anilines is 1. The Balaban J connectivity index is 1.50. The number of carbonyl (C=O) groups is 1. The van der Waals surface area contributed by atoms with Gasteiger partial charge in [0.15, 0.2) is 0 Å². The number of sulfonamides is 1. The van der Waals surface area contributed by atoms with Gasteiger partial charge in [0.2, 0.25) is 5.91 Å². The zero-order valence-corrected chi connectivity index (χ0v) is 20.5. The highest BCUT2D eigenvalue weighted by molar-refractivity contribution is 7.91. The SMILES string of the molecule is Cc1ccc(C)c(N2CCN(C(=O)C(Cc3ccccc3)NS(=O)(=O)c3cccs3)CC2)c1. The predicted octanol–water partition coefficient (Wildman–Crippen LogP) is 3.60. The Morgan fingerprint density at radius 1 is 1.00 bits per heavy atom. The van der Waals surface area contributed by atoms with E-state index < -0.39 is 16.1 Å². The third-order valence-electron chi connectivity index (χ3n) is 5.93. The van der Waals surface area contributed by atoms with Crippen molar-refractivity contribution >= 4 is 33.0 Å². The van der Waals surface area contributed by atoms with Crippen molar-refractivity contribution in [2.75, 3.05) is 31.1 Å². The van der Waals surface area contributed by atoms with Gasteiger partial charge in [-0.05, 0) is 54.5 Å². The number of aryl methyl sites for hydroxylation is 2. The fourth-order valence-electron chi connectivity index (χ4n) is 4.14. The maximum atomic E-state index is 13.5. The molecule has 3 aromatic rings.